The molecule has 2 rings (SSSR count). The number of methoxy groups -OCH3 is 2. The van der Waals surface area contributed by atoms with Crippen LogP contribution in [0.2, 0.25) is 0 Å². The van der Waals surface area contributed by atoms with Crippen LogP contribution in [0.1, 0.15) is 12.5 Å². The van der Waals surface area contributed by atoms with Gasteiger partial charge in [-0.25, -0.2) is 4.79 Å². The number of carbonyl (C=O) groups is 1. The quantitative estimate of drug-likeness (QED) is 0.843. The SMILES string of the molecule is COc1c(Br)c(/C=C(\C)C(=O)O)c(OC)c2ccccc12. The van der Waals surface area contributed by atoms with Crippen molar-refractivity contribution in [2.45, 2.75) is 6.92 Å². The first-order chi connectivity index (χ1) is 10.0. The first-order valence-electron chi connectivity index (χ1n) is 6.25. The van der Waals surface area contributed by atoms with E-state index in [0.29, 0.717) is 21.5 Å². The first-order valence-corrected chi connectivity index (χ1v) is 7.04. The van der Waals surface area contributed by atoms with Crippen molar-refractivity contribution in [1.29, 1.82) is 0 Å². The highest BCUT2D eigenvalue weighted by Crippen LogP contribution is 2.44. The van der Waals surface area contributed by atoms with Gasteiger partial charge in [-0.15, -0.1) is 0 Å². The molecule has 0 aromatic heterocycles. The molecule has 0 aliphatic carbocycles. The Kier molecular flexibility index (Phi) is 4.53. The molecular weight excluding hydrogens is 336 g/mol. The molecule has 110 valence electrons. The second kappa shape index (κ2) is 6.18. The summed E-state index contributed by atoms with van der Waals surface area (Å²) in [7, 11) is 3.14. The normalized spacial score (nSPS) is 11.5. The van der Waals surface area contributed by atoms with Crippen LogP contribution in [0, 0.1) is 0 Å². The molecular formula is C16H15BrO4. The van der Waals surface area contributed by atoms with Gasteiger partial charge in [0.1, 0.15) is 11.5 Å². The average Bonchev–Trinajstić information content (AvgIpc) is 2.48. The molecule has 0 saturated heterocycles. The van der Waals surface area contributed by atoms with Gasteiger partial charge in [-0.3, -0.25) is 0 Å². The maximum atomic E-state index is 11.1. The Hall–Kier alpha value is -2.01. The zero-order chi connectivity index (χ0) is 15.6. The minimum Gasteiger partial charge on any atom is -0.495 e. The van der Waals surface area contributed by atoms with Crippen LogP contribution in [-0.4, -0.2) is 25.3 Å². The molecule has 21 heavy (non-hydrogen) atoms. The van der Waals surface area contributed by atoms with E-state index in [4.69, 9.17) is 14.6 Å². The number of hydrogen-bond donors (Lipinski definition) is 1. The van der Waals surface area contributed by atoms with Crippen molar-refractivity contribution >= 4 is 38.7 Å². The lowest BCUT2D eigenvalue weighted by molar-refractivity contribution is -0.132. The molecule has 0 amide bonds. The molecule has 0 aliphatic heterocycles. The monoisotopic (exact) mass is 350 g/mol. The fourth-order valence-electron chi connectivity index (χ4n) is 2.19. The molecule has 5 heteroatoms. The standard InChI is InChI=1S/C16H15BrO4/c1-9(16(18)19)8-12-13(17)15(21-3)11-7-5-4-6-10(11)14(12)20-2/h4-8H,1-3H3,(H,18,19)/b9-8+. The number of aliphatic carboxylic acids is 1. The molecule has 0 fully saturated rings. The molecule has 0 radical (unpaired) electrons. The van der Waals surface area contributed by atoms with Crippen molar-refractivity contribution in [2.24, 2.45) is 0 Å². The van der Waals surface area contributed by atoms with Crippen molar-refractivity contribution in [3.8, 4) is 11.5 Å². The summed E-state index contributed by atoms with van der Waals surface area (Å²) < 4.78 is 11.6. The molecule has 2 aromatic carbocycles. The van der Waals surface area contributed by atoms with E-state index in [9.17, 15) is 4.79 Å². The summed E-state index contributed by atoms with van der Waals surface area (Å²) >= 11 is 3.49. The summed E-state index contributed by atoms with van der Waals surface area (Å²) in [5, 5.41) is 10.8. The van der Waals surface area contributed by atoms with Crippen LogP contribution < -0.4 is 9.47 Å². The van der Waals surface area contributed by atoms with E-state index in [1.54, 1.807) is 20.3 Å². The smallest absolute Gasteiger partial charge is 0.331 e. The number of benzene rings is 2. The summed E-state index contributed by atoms with van der Waals surface area (Å²) in [6.45, 7) is 1.54. The fourth-order valence-corrected chi connectivity index (χ4v) is 2.86. The molecule has 4 nitrogen and oxygen atoms in total. The second-order valence-electron chi connectivity index (χ2n) is 4.47. The molecule has 0 spiro atoms. The third-order valence-corrected chi connectivity index (χ3v) is 3.99. The van der Waals surface area contributed by atoms with Gasteiger partial charge in [0.05, 0.1) is 18.7 Å². The Labute approximate surface area is 131 Å². The predicted molar refractivity (Wildman–Crippen MR) is 86.0 cm³/mol. The van der Waals surface area contributed by atoms with E-state index in [0.717, 1.165) is 10.8 Å². The van der Waals surface area contributed by atoms with Crippen molar-refractivity contribution in [3.63, 3.8) is 0 Å². The second-order valence-corrected chi connectivity index (χ2v) is 5.27. The van der Waals surface area contributed by atoms with Gasteiger partial charge >= 0.3 is 5.97 Å². The molecule has 0 heterocycles. The van der Waals surface area contributed by atoms with Gasteiger partial charge in [-0.1, -0.05) is 24.3 Å². The van der Waals surface area contributed by atoms with Crippen molar-refractivity contribution in [1.82, 2.24) is 0 Å². The number of carboxylic acid groups (broad SMARTS) is 1. The van der Waals surface area contributed by atoms with E-state index in [1.165, 1.54) is 6.92 Å². The van der Waals surface area contributed by atoms with Gasteiger partial charge in [0.15, 0.2) is 0 Å². The molecule has 0 aliphatic rings. The number of carboxylic acids is 1. The fraction of sp³-hybridized carbons (Fsp3) is 0.188. The lowest BCUT2D eigenvalue weighted by Gasteiger charge is -2.16. The lowest BCUT2D eigenvalue weighted by atomic mass is 10.0. The Bertz CT molecular complexity index is 735. The Morgan fingerprint density at radius 3 is 2.14 bits per heavy atom. The summed E-state index contributed by atoms with van der Waals surface area (Å²) in [6.07, 6.45) is 1.57. The van der Waals surface area contributed by atoms with Gasteiger partial charge in [-0.2, -0.15) is 0 Å². The summed E-state index contributed by atoms with van der Waals surface area (Å²) in [5.74, 6) is 0.283. The van der Waals surface area contributed by atoms with Gasteiger partial charge in [0.2, 0.25) is 0 Å². The van der Waals surface area contributed by atoms with Crippen LogP contribution in [0.4, 0.5) is 0 Å². The highest BCUT2D eigenvalue weighted by Gasteiger charge is 2.18. The van der Waals surface area contributed by atoms with Crippen LogP contribution in [0.5, 0.6) is 11.5 Å². The van der Waals surface area contributed by atoms with Crippen molar-refractivity contribution < 1.29 is 19.4 Å². The summed E-state index contributed by atoms with van der Waals surface area (Å²) in [4.78, 5) is 11.1. The highest BCUT2D eigenvalue weighted by atomic mass is 79.9. The number of rotatable bonds is 4. The molecule has 0 atom stereocenters. The van der Waals surface area contributed by atoms with E-state index in [1.807, 2.05) is 24.3 Å². The third-order valence-electron chi connectivity index (χ3n) is 3.20. The Morgan fingerprint density at radius 1 is 1.14 bits per heavy atom. The van der Waals surface area contributed by atoms with E-state index < -0.39 is 5.97 Å². The number of fused-ring (bicyclic) bond motifs is 1. The van der Waals surface area contributed by atoms with E-state index in [-0.39, 0.29) is 5.57 Å². The van der Waals surface area contributed by atoms with Crippen LogP contribution in [0.25, 0.3) is 16.8 Å². The van der Waals surface area contributed by atoms with E-state index >= 15 is 0 Å². The minimum absolute atomic E-state index is 0.214. The van der Waals surface area contributed by atoms with Crippen LogP contribution in [-0.2, 0) is 4.79 Å². The maximum Gasteiger partial charge on any atom is 0.331 e. The Balaban J connectivity index is 2.90. The molecule has 2 aromatic rings. The topological polar surface area (TPSA) is 55.8 Å². The van der Waals surface area contributed by atoms with E-state index in [2.05, 4.69) is 15.9 Å². The molecule has 0 unspecified atom stereocenters. The van der Waals surface area contributed by atoms with Gasteiger partial charge in [0.25, 0.3) is 0 Å². The summed E-state index contributed by atoms with van der Waals surface area (Å²) in [5.41, 5.74) is 0.860. The first kappa shape index (κ1) is 15.4. The molecule has 1 N–H and O–H groups in total. The van der Waals surface area contributed by atoms with Crippen LogP contribution >= 0.6 is 15.9 Å². The van der Waals surface area contributed by atoms with Crippen LogP contribution in [0.15, 0.2) is 34.3 Å². The number of hydrogen-bond acceptors (Lipinski definition) is 3. The van der Waals surface area contributed by atoms with Crippen LogP contribution in [0.3, 0.4) is 0 Å². The minimum atomic E-state index is -0.976. The zero-order valence-corrected chi connectivity index (χ0v) is 13.5. The average molecular weight is 351 g/mol. The Morgan fingerprint density at radius 2 is 1.67 bits per heavy atom. The number of halogens is 1. The van der Waals surface area contributed by atoms with Gasteiger partial charge in [0, 0.05) is 21.9 Å². The van der Waals surface area contributed by atoms with Crippen molar-refractivity contribution in [2.75, 3.05) is 14.2 Å². The maximum absolute atomic E-state index is 11.1. The summed E-state index contributed by atoms with van der Waals surface area (Å²) in [6, 6.07) is 7.65. The zero-order valence-electron chi connectivity index (χ0n) is 11.9. The lowest BCUT2D eigenvalue weighted by Crippen LogP contribution is -1.99. The predicted octanol–water partition coefficient (Wildman–Crippen LogP) is 4.11. The number of ether oxygens (including phenoxy) is 2. The highest BCUT2D eigenvalue weighted by molar-refractivity contribution is 9.10. The van der Waals surface area contributed by atoms with Crippen molar-refractivity contribution in [3.05, 3.63) is 39.9 Å². The van der Waals surface area contributed by atoms with Gasteiger partial charge < -0.3 is 14.6 Å². The van der Waals surface area contributed by atoms with Gasteiger partial charge in [-0.05, 0) is 28.9 Å². The largest absolute Gasteiger partial charge is 0.495 e. The molecule has 0 bridgehead atoms. The third kappa shape index (κ3) is 2.74. The molecule has 0 saturated carbocycles.